The molecule has 1 heterocycles. The van der Waals surface area contributed by atoms with Crippen LogP contribution in [0.3, 0.4) is 0 Å². The van der Waals surface area contributed by atoms with Crippen molar-refractivity contribution in [2.24, 2.45) is 11.8 Å². The highest BCUT2D eigenvalue weighted by Crippen LogP contribution is 2.48. The van der Waals surface area contributed by atoms with Crippen LogP contribution in [0.5, 0.6) is 5.75 Å². The number of hydrogen-bond acceptors (Lipinski definition) is 7. The molecular weight excluding hydrogens is 557 g/mol. The minimum absolute atomic E-state index is 0.0167. The summed E-state index contributed by atoms with van der Waals surface area (Å²) in [6.45, 7) is 1.68. The molecule has 3 aromatic carbocycles. The maximum Gasteiger partial charge on any atom is 0.410 e. The molecule has 3 aromatic rings. The van der Waals surface area contributed by atoms with Gasteiger partial charge < -0.3 is 14.8 Å². The van der Waals surface area contributed by atoms with Gasteiger partial charge in [-0.15, -0.1) is 0 Å². The van der Waals surface area contributed by atoms with Crippen molar-refractivity contribution in [3.8, 4) is 5.75 Å². The molecule has 1 saturated heterocycles. The first-order chi connectivity index (χ1) is 19.6. The second kappa shape index (κ2) is 12.3. The number of ketones is 1. The lowest BCUT2D eigenvalue weighted by molar-refractivity contribution is -0.385. The SMILES string of the molecule is COC(=O)N1C(C(=O)NCc2ccc(F)cc2)C(C)C(C(=O)c2ccccc2Cl)C1c1ccc(OC)c([N+](=O)[O-])c1. The number of likely N-dealkylation sites (tertiary alicyclic amines) is 1. The van der Waals surface area contributed by atoms with Gasteiger partial charge in [-0.05, 0) is 47.4 Å². The van der Waals surface area contributed by atoms with Gasteiger partial charge in [-0.3, -0.25) is 24.6 Å². The number of nitro groups is 1. The molecule has 4 rings (SSSR count). The number of benzene rings is 3. The zero-order chi connectivity index (χ0) is 29.8. The summed E-state index contributed by atoms with van der Waals surface area (Å²) in [7, 11) is 2.42. The molecule has 1 fully saturated rings. The molecule has 1 N–H and O–H groups in total. The molecule has 0 aromatic heterocycles. The van der Waals surface area contributed by atoms with E-state index in [1.807, 2.05) is 0 Å². The predicted molar refractivity (Wildman–Crippen MR) is 147 cm³/mol. The van der Waals surface area contributed by atoms with Gasteiger partial charge in [-0.2, -0.15) is 0 Å². The number of methoxy groups -OCH3 is 2. The third kappa shape index (κ3) is 5.85. The summed E-state index contributed by atoms with van der Waals surface area (Å²) in [5, 5.41) is 14.8. The molecule has 1 aliphatic heterocycles. The zero-order valence-corrected chi connectivity index (χ0v) is 23.1. The van der Waals surface area contributed by atoms with Crippen molar-refractivity contribution in [2.45, 2.75) is 25.6 Å². The number of ether oxygens (including phenoxy) is 2. The Bertz CT molecular complexity index is 1480. The summed E-state index contributed by atoms with van der Waals surface area (Å²) in [5.74, 6) is -3.31. The number of nitrogens with one attached hydrogen (secondary N) is 1. The third-order valence-corrected chi connectivity index (χ3v) is 7.55. The molecule has 0 aliphatic carbocycles. The molecule has 4 unspecified atom stereocenters. The third-order valence-electron chi connectivity index (χ3n) is 7.22. The van der Waals surface area contributed by atoms with E-state index in [4.69, 9.17) is 21.1 Å². The van der Waals surface area contributed by atoms with E-state index in [2.05, 4.69) is 5.32 Å². The summed E-state index contributed by atoms with van der Waals surface area (Å²) >= 11 is 6.36. The maximum atomic E-state index is 14.1. The van der Waals surface area contributed by atoms with Crippen molar-refractivity contribution in [1.82, 2.24) is 10.2 Å². The largest absolute Gasteiger partial charge is 0.490 e. The lowest BCUT2D eigenvalue weighted by Gasteiger charge is -2.30. The molecule has 4 atom stereocenters. The average molecular weight is 584 g/mol. The quantitative estimate of drug-likeness (QED) is 0.215. The molecule has 12 heteroatoms. The molecule has 10 nitrogen and oxygen atoms in total. The van der Waals surface area contributed by atoms with Crippen molar-refractivity contribution in [2.75, 3.05) is 14.2 Å². The first-order valence-electron chi connectivity index (χ1n) is 12.6. The topological polar surface area (TPSA) is 128 Å². The number of hydrogen-bond donors (Lipinski definition) is 1. The van der Waals surface area contributed by atoms with Crippen LogP contribution >= 0.6 is 11.6 Å². The lowest BCUT2D eigenvalue weighted by atomic mass is 9.80. The van der Waals surface area contributed by atoms with Crippen LogP contribution in [0.2, 0.25) is 5.02 Å². The Kier molecular flexibility index (Phi) is 8.87. The number of carbonyl (C=O) groups excluding carboxylic acids is 3. The van der Waals surface area contributed by atoms with Crippen LogP contribution in [0.1, 0.15) is 34.5 Å². The Balaban J connectivity index is 1.83. The van der Waals surface area contributed by atoms with Crippen molar-refractivity contribution in [1.29, 1.82) is 0 Å². The van der Waals surface area contributed by atoms with Gasteiger partial charge in [0.15, 0.2) is 11.5 Å². The number of nitro benzene ring substituents is 1. The number of nitrogens with zero attached hydrogens (tertiary/aromatic N) is 2. The van der Waals surface area contributed by atoms with Crippen molar-refractivity contribution in [3.05, 3.63) is 104 Å². The van der Waals surface area contributed by atoms with E-state index < -0.39 is 52.4 Å². The number of Topliss-reactive ketones (excluding diaryl/α,β-unsaturated/α-hetero) is 1. The summed E-state index contributed by atoms with van der Waals surface area (Å²) in [6, 6.07) is 13.7. The van der Waals surface area contributed by atoms with E-state index >= 15 is 0 Å². The highest BCUT2D eigenvalue weighted by molar-refractivity contribution is 6.34. The first kappa shape index (κ1) is 29.5. The van der Waals surface area contributed by atoms with Gasteiger partial charge in [-0.25, -0.2) is 9.18 Å². The van der Waals surface area contributed by atoms with Crippen molar-refractivity contribution in [3.63, 3.8) is 0 Å². The normalized spacial score (nSPS) is 19.9. The highest BCUT2D eigenvalue weighted by Gasteiger charge is 2.56. The Morgan fingerprint density at radius 2 is 1.76 bits per heavy atom. The van der Waals surface area contributed by atoms with Crippen LogP contribution in [-0.4, -0.2) is 47.9 Å². The molecule has 0 saturated carbocycles. The lowest BCUT2D eigenvalue weighted by Crippen LogP contribution is -2.48. The van der Waals surface area contributed by atoms with Gasteiger partial charge in [0, 0.05) is 18.2 Å². The second-order valence-corrected chi connectivity index (χ2v) is 9.94. The van der Waals surface area contributed by atoms with E-state index in [0.717, 1.165) is 12.0 Å². The summed E-state index contributed by atoms with van der Waals surface area (Å²) in [4.78, 5) is 53.3. The minimum atomic E-state index is -1.20. The van der Waals surface area contributed by atoms with Crippen molar-refractivity contribution < 1.29 is 33.2 Å². The van der Waals surface area contributed by atoms with Gasteiger partial charge in [0.2, 0.25) is 5.91 Å². The van der Waals surface area contributed by atoms with Gasteiger partial charge in [-0.1, -0.05) is 48.9 Å². The van der Waals surface area contributed by atoms with Gasteiger partial charge >= 0.3 is 11.8 Å². The standard InChI is InChI=1S/C29H27ClFN3O7/c1-16-24(27(35)20-6-4-5-7-21(20)30)26(18-10-13-23(40-2)22(14-18)34(38)39)33(29(37)41-3)25(16)28(36)32-15-17-8-11-19(31)12-9-17/h4-14,16,24-26H,15H2,1-3H3,(H,32,36). The van der Waals surface area contributed by atoms with Crippen LogP contribution in [0.4, 0.5) is 14.9 Å². The summed E-state index contributed by atoms with van der Waals surface area (Å²) in [6.07, 6.45) is -0.906. The highest BCUT2D eigenvalue weighted by atomic mass is 35.5. The number of halogens is 2. The fourth-order valence-corrected chi connectivity index (χ4v) is 5.53. The van der Waals surface area contributed by atoms with Crippen LogP contribution in [-0.2, 0) is 16.1 Å². The van der Waals surface area contributed by atoms with E-state index in [0.29, 0.717) is 5.56 Å². The molecular formula is C29H27ClFN3O7. The van der Waals surface area contributed by atoms with Crippen LogP contribution in [0.15, 0.2) is 66.7 Å². The molecule has 41 heavy (non-hydrogen) atoms. The second-order valence-electron chi connectivity index (χ2n) is 9.53. The van der Waals surface area contributed by atoms with Crippen molar-refractivity contribution >= 4 is 35.1 Å². The molecule has 214 valence electrons. The fraction of sp³-hybridized carbons (Fsp3) is 0.276. The first-order valence-corrected chi connectivity index (χ1v) is 13.0. The minimum Gasteiger partial charge on any atom is -0.490 e. The molecule has 0 radical (unpaired) electrons. The number of amides is 2. The summed E-state index contributed by atoms with van der Waals surface area (Å²) in [5.41, 5.74) is 0.641. The van der Waals surface area contributed by atoms with Crippen LogP contribution < -0.4 is 10.1 Å². The predicted octanol–water partition coefficient (Wildman–Crippen LogP) is 5.34. The van der Waals surface area contributed by atoms with E-state index in [-0.39, 0.29) is 34.1 Å². The van der Waals surface area contributed by atoms with Gasteiger partial charge in [0.1, 0.15) is 11.9 Å². The molecule has 1 aliphatic rings. The molecule has 0 bridgehead atoms. The molecule has 2 amide bonds. The van der Waals surface area contributed by atoms with E-state index in [1.54, 1.807) is 25.1 Å². The van der Waals surface area contributed by atoms with Crippen LogP contribution in [0, 0.1) is 27.8 Å². The Hall–Kier alpha value is -4.51. The van der Waals surface area contributed by atoms with E-state index in [9.17, 15) is 28.9 Å². The monoisotopic (exact) mass is 583 g/mol. The van der Waals surface area contributed by atoms with Gasteiger partial charge in [0.25, 0.3) is 0 Å². The van der Waals surface area contributed by atoms with Crippen LogP contribution in [0.25, 0.3) is 0 Å². The Morgan fingerprint density at radius 3 is 2.37 bits per heavy atom. The number of carbonyl (C=O) groups is 3. The zero-order valence-electron chi connectivity index (χ0n) is 22.4. The Labute approximate surface area is 240 Å². The maximum absolute atomic E-state index is 14.1. The smallest absolute Gasteiger partial charge is 0.410 e. The number of rotatable bonds is 8. The van der Waals surface area contributed by atoms with Gasteiger partial charge in [0.05, 0.1) is 36.1 Å². The summed E-state index contributed by atoms with van der Waals surface area (Å²) < 4.78 is 23.5. The average Bonchev–Trinajstić information content (AvgIpc) is 3.28. The Morgan fingerprint density at radius 1 is 1.07 bits per heavy atom. The fourth-order valence-electron chi connectivity index (χ4n) is 5.30. The molecule has 0 spiro atoms. The van der Waals surface area contributed by atoms with E-state index in [1.165, 1.54) is 55.6 Å².